The molecule has 0 unspecified atom stereocenters. The molecule has 0 amide bonds. The zero-order chi connectivity index (χ0) is 15.9. The summed E-state index contributed by atoms with van der Waals surface area (Å²) in [7, 11) is 0. The Kier molecular flexibility index (Phi) is 10.5. The van der Waals surface area contributed by atoms with Crippen molar-refractivity contribution in [2.24, 2.45) is 0 Å². The van der Waals surface area contributed by atoms with Crippen LogP contribution in [0.1, 0.15) is 29.4 Å². The second-order valence-electron chi connectivity index (χ2n) is 5.12. The van der Waals surface area contributed by atoms with Crippen molar-refractivity contribution < 1.29 is 24.2 Å². The maximum atomic E-state index is 11.2. The van der Waals surface area contributed by atoms with Crippen molar-refractivity contribution in [2.75, 3.05) is 26.3 Å². The third-order valence-electron chi connectivity index (χ3n) is 3.42. The van der Waals surface area contributed by atoms with E-state index >= 15 is 0 Å². The van der Waals surface area contributed by atoms with Crippen LogP contribution in [-0.4, -0.2) is 59.3 Å². The molecule has 1 aromatic rings. The minimum absolute atomic E-state index is 0. The number of carboxylic acids is 1. The molecule has 136 valence electrons. The maximum absolute atomic E-state index is 11.2. The second-order valence-corrected chi connectivity index (χ2v) is 5.12. The highest BCUT2D eigenvalue weighted by Gasteiger charge is 2.24. The number of halogens is 2. The molecule has 1 N–H and O–H groups in total. The number of esters is 1. The lowest BCUT2D eigenvalue weighted by Crippen LogP contribution is -2.25. The molecule has 24 heavy (non-hydrogen) atoms. The van der Waals surface area contributed by atoms with Crippen LogP contribution in [0, 0.1) is 0 Å². The van der Waals surface area contributed by atoms with Crippen molar-refractivity contribution in [3.63, 3.8) is 0 Å². The number of hydrogen-bond donors (Lipinski definition) is 1. The van der Waals surface area contributed by atoms with Crippen LogP contribution < -0.4 is 0 Å². The van der Waals surface area contributed by atoms with Gasteiger partial charge in [-0.2, -0.15) is 0 Å². The fourth-order valence-electron chi connectivity index (χ4n) is 2.37. The molecule has 0 radical (unpaired) electrons. The van der Waals surface area contributed by atoms with Crippen LogP contribution in [0.4, 0.5) is 0 Å². The third-order valence-corrected chi connectivity index (χ3v) is 3.42. The molecule has 0 bridgehead atoms. The molecular formula is C15H22Cl2N2O5. The Bertz CT molecular complexity index is 527. The van der Waals surface area contributed by atoms with Crippen LogP contribution in [0.25, 0.3) is 0 Å². The van der Waals surface area contributed by atoms with Crippen LogP contribution in [0.2, 0.25) is 0 Å². The topological polar surface area (TPSA) is 89.0 Å². The number of carbonyl (C=O) groups excluding carboxylic acids is 1. The van der Waals surface area contributed by atoms with Crippen molar-refractivity contribution in [3.8, 4) is 0 Å². The number of carboxylic acid groups (broad SMARTS) is 1. The van der Waals surface area contributed by atoms with E-state index in [1.54, 1.807) is 19.2 Å². The Hall–Kier alpha value is -1.41. The zero-order valence-corrected chi connectivity index (χ0v) is 15.0. The normalized spacial score (nSPS) is 16.8. The molecule has 1 aliphatic rings. The molecule has 1 fully saturated rings. The van der Waals surface area contributed by atoms with E-state index in [4.69, 9.17) is 14.6 Å². The van der Waals surface area contributed by atoms with Gasteiger partial charge in [0.25, 0.3) is 0 Å². The summed E-state index contributed by atoms with van der Waals surface area (Å²) in [6.45, 7) is 4.40. The molecular weight excluding hydrogens is 359 g/mol. The summed E-state index contributed by atoms with van der Waals surface area (Å²) in [4.78, 5) is 28.1. The molecule has 1 atom stereocenters. The summed E-state index contributed by atoms with van der Waals surface area (Å²) in [6.07, 6.45) is 2.46. The average Bonchev–Trinajstić information content (AvgIpc) is 2.93. The van der Waals surface area contributed by atoms with Crippen LogP contribution in [-0.2, 0) is 20.8 Å². The molecule has 7 nitrogen and oxygen atoms in total. The number of likely N-dealkylation sites (tertiary alicyclic amines) is 1. The van der Waals surface area contributed by atoms with Gasteiger partial charge in [0.15, 0.2) is 0 Å². The Labute approximate surface area is 153 Å². The van der Waals surface area contributed by atoms with Crippen molar-refractivity contribution in [3.05, 3.63) is 29.6 Å². The molecule has 1 saturated heterocycles. The predicted molar refractivity (Wildman–Crippen MR) is 92.0 cm³/mol. The molecule has 2 rings (SSSR count). The number of pyridine rings is 1. The lowest BCUT2D eigenvalue weighted by molar-refractivity contribution is -0.150. The Morgan fingerprint density at radius 3 is 2.71 bits per heavy atom. The largest absolute Gasteiger partial charge is 0.477 e. The highest BCUT2D eigenvalue weighted by atomic mass is 35.5. The van der Waals surface area contributed by atoms with Crippen molar-refractivity contribution in [2.45, 2.75) is 26.0 Å². The summed E-state index contributed by atoms with van der Waals surface area (Å²) in [5.74, 6) is -1.37. The predicted octanol–water partition coefficient (Wildman–Crippen LogP) is 1.78. The summed E-state index contributed by atoms with van der Waals surface area (Å²) < 4.78 is 10.3. The van der Waals surface area contributed by atoms with E-state index in [0.29, 0.717) is 13.2 Å². The van der Waals surface area contributed by atoms with E-state index in [-0.39, 0.29) is 49.2 Å². The smallest absolute Gasteiger partial charge is 0.354 e. The standard InChI is InChI=1S/C15H20N2O5.2ClH/c1-2-21-14(18)10-22-12-5-6-17(9-12)8-11-3-4-13(15(19)20)16-7-11;;/h3-4,7,12H,2,5-6,8-10H2,1H3,(H,19,20);2*1H/t12-;;/m0../s1. The summed E-state index contributed by atoms with van der Waals surface area (Å²) in [5.41, 5.74) is 0.997. The van der Waals surface area contributed by atoms with Gasteiger partial charge >= 0.3 is 11.9 Å². The third kappa shape index (κ3) is 7.00. The highest BCUT2D eigenvalue weighted by molar-refractivity contribution is 5.86. The lowest BCUT2D eigenvalue weighted by atomic mass is 10.2. The quantitative estimate of drug-likeness (QED) is 0.720. The number of carbonyl (C=O) groups is 2. The van der Waals surface area contributed by atoms with Crippen molar-refractivity contribution in [1.82, 2.24) is 9.88 Å². The SMILES string of the molecule is CCOC(=O)CO[C@H]1CCN(Cc2ccc(C(=O)O)nc2)C1.Cl.Cl. The Balaban J connectivity index is 0.00000264. The van der Waals surface area contributed by atoms with Crippen molar-refractivity contribution in [1.29, 1.82) is 0 Å². The summed E-state index contributed by atoms with van der Waals surface area (Å²) in [5, 5.41) is 8.81. The molecule has 1 aromatic heterocycles. The minimum atomic E-state index is -1.03. The van der Waals surface area contributed by atoms with Crippen LogP contribution >= 0.6 is 24.8 Å². The average molecular weight is 381 g/mol. The van der Waals surface area contributed by atoms with E-state index in [1.165, 1.54) is 6.07 Å². The first-order valence-corrected chi connectivity index (χ1v) is 7.26. The molecule has 0 aromatic carbocycles. The zero-order valence-electron chi connectivity index (χ0n) is 13.3. The van der Waals surface area contributed by atoms with Crippen LogP contribution in [0.15, 0.2) is 18.3 Å². The van der Waals surface area contributed by atoms with Gasteiger partial charge in [-0.25, -0.2) is 14.6 Å². The van der Waals surface area contributed by atoms with Gasteiger partial charge in [-0.15, -0.1) is 24.8 Å². The van der Waals surface area contributed by atoms with Gasteiger partial charge < -0.3 is 14.6 Å². The molecule has 0 spiro atoms. The highest BCUT2D eigenvalue weighted by Crippen LogP contribution is 2.16. The number of ether oxygens (including phenoxy) is 2. The molecule has 9 heteroatoms. The molecule has 0 aliphatic carbocycles. The van der Waals surface area contributed by atoms with Gasteiger partial charge in [0.2, 0.25) is 0 Å². The van der Waals surface area contributed by atoms with E-state index < -0.39 is 5.97 Å². The van der Waals surface area contributed by atoms with E-state index in [9.17, 15) is 9.59 Å². The van der Waals surface area contributed by atoms with Crippen LogP contribution in [0.3, 0.4) is 0 Å². The Morgan fingerprint density at radius 1 is 1.38 bits per heavy atom. The van der Waals surface area contributed by atoms with Gasteiger partial charge in [0.05, 0.1) is 12.7 Å². The first kappa shape index (κ1) is 22.6. The molecule has 2 heterocycles. The number of nitrogens with zero attached hydrogens (tertiary/aromatic N) is 2. The van der Waals surface area contributed by atoms with Gasteiger partial charge in [-0.05, 0) is 25.0 Å². The number of hydrogen-bond acceptors (Lipinski definition) is 6. The Morgan fingerprint density at radius 2 is 2.12 bits per heavy atom. The van der Waals surface area contributed by atoms with Gasteiger partial charge in [0.1, 0.15) is 12.3 Å². The minimum Gasteiger partial charge on any atom is -0.477 e. The monoisotopic (exact) mass is 380 g/mol. The fourth-order valence-corrected chi connectivity index (χ4v) is 2.37. The van der Waals surface area contributed by atoms with E-state index in [1.807, 2.05) is 0 Å². The van der Waals surface area contributed by atoms with E-state index in [0.717, 1.165) is 25.1 Å². The van der Waals surface area contributed by atoms with E-state index in [2.05, 4.69) is 9.88 Å². The summed E-state index contributed by atoms with van der Waals surface area (Å²) >= 11 is 0. The fraction of sp³-hybridized carbons (Fsp3) is 0.533. The number of rotatable bonds is 7. The van der Waals surface area contributed by atoms with Crippen LogP contribution in [0.5, 0.6) is 0 Å². The van der Waals surface area contributed by atoms with Crippen molar-refractivity contribution >= 4 is 36.8 Å². The second kappa shape index (κ2) is 11.2. The molecule has 0 saturated carbocycles. The molecule has 1 aliphatic heterocycles. The first-order valence-electron chi connectivity index (χ1n) is 7.26. The number of aromatic nitrogens is 1. The lowest BCUT2D eigenvalue weighted by Gasteiger charge is -2.16. The van der Waals surface area contributed by atoms with Gasteiger partial charge in [0, 0.05) is 25.8 Å². The number of aromatic carboxylic acids is 1. The van der Waals surface area contributed by atoms with Gasteiger partial charge in [-0.1, -0.05) is 6.07 Å². The first-order chi connectivity index (χ1) is 10.6. The maximum Gasteiger partial charge on any atom is 0.354 e. The van der Waals surface area contributed by atoms with Gasteiger partial charge in [-0.3, -0.25) is 4.90 Å². The summed E-state index contributed by atoms with van der Waals surface area (Å²) in [6, 6.07) is 3.27.